The molecule has 1 heterocycles. The second kappa shape index (κ2) is 6.30. The lowest BCUT2D eigenvalue weighted by Gasteiger charge is -2.32. The van der Waals surface area contributed by atoms with E-state index in [9.17, 15) is 0 Å². The van der Waals surface area contributed by atoms with Gasteiger partial charge in [-0.05, 0) is 80.9 Å². The molecule has 0 amide bonds. The molecule has 0 saturated carbocycles. The molecule has 2 aromatic rings. The number of aryl methyl sites for hydroxylation is 1. The van der Waals surface area contributed by atoms with Gasteiger partial charge in [0.05, 0.1) is 11.2 Å². The van der Waals surface area contributed by atoms with Crippen molar-refractivity contribution in [3.8, 4) is 0 Å². The Morgan fingerprint density at radius 1 is 1.04 bits per heavy atom. The highest BCUT2D eigenvalue weighted by Gasteiger charge is 2.51. The molecule has 0 aromatic heterocycles. The van der Waals surface area contributed by atoms with Crippen LogP contribution in [0.1, 0.15) is 59.1 Å². The highest BCUT2D eigenvalue weighted by atomic mass is 16.7. The molecule has 0 atom stereocenters. The summed E-state index contributed by atoms with van der Waals surface area (Å²) in [6.07, 6.45) is 3.26. The molecule has 0 N–H and O–H groups in total. The summed E-state index contributed by atoms with van der Waals surface area (Å²) in [5.74, 6) is 0. The molecule has 0 radical (unpaired) electrons. The predicted molar refractivity (Wildman–Crippen MR) is 108 cm³/mol. The average molecular weight is 336 g/mol. The lowest BCUT2D eigenvalue weighted by atomic mass is 9.77. The van der Waals surface area contributed by atoms with Crippen LogP contribution in [0.3, 0.4) is 0 Å². The van der Waals surface area contributed by atoms with Crippen LogP contribution in [0, 0.1) is 6.92 Å². The van der Waals surface area contributed by atoms with Crippen molar-refractivity contribution >= 4 is 28.9 Å². The summed E-state index contributed by atoms with van der Waals surface area (Å²) in [6.45, 7) is 14.9. The third-order valence-electron chi connectivity index (χ3n) is 5.83. The van der Waals surface area contributed by atoms with E-state index >= 15 is 0 Å². The van der Waals surface area contributed by atoms with Gasteiger partial charge in [0.1, 0.15) is 0 Å². The molecule has 25 heavy (non-hydrogen) atoms. The molecule has 2 nitrogen and oxygen atoms in total. The van der Waals surface area contributed by atoms with E-state index in [1.54, 1.807) is 0 Å². The van der Waals surface area contributed by atoms with E-state index in [4.69, 9.17) is 9.31 Å². The maximum absolute atomic E-state index is 6.21. The van der Waals surface area contributed by atoms with Crippen LogP contribution < -0.4 is 5.46 Å². The zero-order chi connectivity index (χ0) is 18.4. The molecule has 0 spiro atoms. The molecule has 1 aliphatic heterocycles. The Bertz CT molecular complexity index is 817. The Balaban J connectivity index is 2.07. The van der Waals surface area contributed by atoms with Gasteiger partial charge in [0.15, 0.2) is 0 Å². The van der Waals surface area contributed by atoms with E-state index < -0.39 is 0 Å². The smallest absolute Gasteiger partial charge is 0.399 e. The first-order chi connectivity index (χ1) is 11.7. The van der Waals surface area contributed by atoms with E-state index in [-0.39, 0.29) is 18.3 Å². The molecule has 3 heteroatoms. The summed E-state index contributed by atoms with van der Waals surface area (Å²) in [6, 6.07) is 11.0. The summed E-state index contributed by atoms with van der Waals surface area (Å²) in [5, 5.41) is 2.54. The normalized spacial score (nSPS) is 19.6. The van der Waals surface area contributed by atoms with Crippen LogP contribution in [0.15, 0.2) is 36.4 Å². The minimum Gasteiger partial charge on any atom is -0.399 e. The van der Waals surface area contributed by atoms with E-state index in [1.807, 2.05) is 0 Å². The second-order valence-corrected chi connectivity index (χ2v) is 7.99. The summed E-state index contributed by atoms with van der Waals surface area (Å²) < 4.78 is 12.4. The van der Waals surface area contributed by atoms with E-state index in [0.717, 1.165) is 11.9 Å². The Morgan fingerprint density at radius 2 is 1.68 bits per heavy atom. The fourth-order valence-corrected chi connectivity index (χ4v) is 3.53. The first-order valence-corrected chi connectivity index (χ1v) is 9.24. The van der Waals surface area contributed by atoms with Gasteiger partial charge in [-0.1, -0.05) is 43.3 Å². The highest BCUT2D eigenvalue weighted by molar-refractivity contribution is 6.62. The topological polar surface area (TPSA) is 18.5 Å². The lowest BCUT2D eigenvalue weighted by molar-refractivity contribution is 0.00578. The molecular formula is C22H29BO2. The van der Waals surface area contributed by atoms with Crippen LogP contribution in [0.25, 0.3) is 16.3 Å². The van der Waals surface area contributed by atoms with Crippen molar-refractivity contribution in [2.24, 2.45) is 0 Å². The first kappa shape index (κ1) is 18.2. The van der Waals surface area contributed by atoms with Gasteiger partial charge in [-0.2, -0.15) is 0 Å². The quantitative estimate of drug-likeness (QED) is 0.712. The minimum absolute atomic E-state index is 0.313. The van der Waals surface area contributed by atoms with Crippen LogP contribution >= 0.6 is 0 Å². The van der Waals surface area contributed by atoms with Crippen molar-refractivity contribution in [1.82, 2.24) is 0 Å². The van der Waals surface area contributed by atoms with Crippen molar-refractivity contribution in [3.05, 3.63) is 47.5 Å². The summed E-state index contributed by atoms with van der Waals surface area (Å²) in [5.41, 5.74) is 4.54. The van der Waals surface area contributed by atoms with Crippen molar-refractivity contribution in [1.29, 1.82) is 0 Å². The molecule has 0 unspecified atom stereocenters. The van der Waals surface area contributed by atoms with Crippen molar-refractivity contribution in [2.75, 3.05) is 0 Å². The molecule has 2 aromatic carbocycles. The fraction of sp³-hybridized carbons (Fsp3) is 0.455. The zero-order valence-electron chi connectivity index (χ0n) is 16.6. The van der Waals surface area contributed by atoms with Crippen molar-refractivity contribution < 1.29 is 9.31 Å². The first-order valence-electron chi connectivity index (χ1n) is 9.24. The van der Waals surface area contributed by atoms with Crippen LogP contribution in [0.4, 0.5) is 0 Å². The summed E-state index contributed by atoms with van der Waals surface area (Å²) in [4.78, 5) is 0. The molecule has 1 saturated heterocycles. The van der Waals surface area contributed by atoms with Crippen molar-refractivity contribution in [3.63, 3.8) is 0 Å². The number of hydrogen-bond donors (Lipinski definition) is 0. The van der Waals surface area contributed by atoms with Gasteiger partial charge >= 0.3 is 7.12 Å². The Hall–Kier alpha value is -1.58. The number of hydrogen-bond acceptors (Lipinski definition) is 2. The fourth-order valence-electron chi connectivity index (χ4n) is 3.53. The standard InChI is InChI=1S/C22H29BO2/c1-8-16(9-2)20-15(3)10-11-17-14-18(12-13-19(17)20)23-24-21(4,5)22(6,7)25-23/h8,10-14H,9H2,1-7H3/b16-8+. The molecule has 3 rings (SSSR count). The van der Waals surface area contributed by atoms with Gasteiger partial charge in [0.25, 0.3) is 0 Å². The molecule has 1 fully saturated rings. The monoisotopic (exact) mass is 336 g/mol. The van der Waals surface area contributed by atoms with Gasteiger partial charge in [0.2, 0.25) is 0 Å². The van der Waals surface area contributed by atoms with E-state index in [0.29, 0.717) is 0 Å². The lowest BCUT2D eigenvalue weighted by Crippen LogP contribution is -2.41. The van der Waals surface area contributed by atoms with Crippen LogP contribution in [-0.2, 0) is 9.31 Å². The number of fused-ring (bicyclic) bond motifs is 1. The third-order valence-corrected chi connectivity index (χ3v) is 5.83. The van der Waals surface area contributed by atoms with Gasteiger partial charge < -0.3 is 9.31 Å². The summed E-state index contributed by atoms with van der Waals surface area (Å²) >= 11 is 0. The highest BCUT2D eigenvalue weighted by Crippen LogP contribution is 2.37. The Kier molecular flexibility index (Phi) is 4.59. The Morgan fingerprint density at radius 3 is 2.24 bits per heavy atom. The SMILES string of the molecule is C/C=C(\CC)c1c(C)ccc2cc(B3OC(C)(C)C(C)(C)O3)ccc12. The molecule has 1 aliphatic rings. The van der Waals surface area contributed by atoms with Crippen LogP contribution in [-0.4, -0.2) is 18.3 Å². The Labute approximate surface area is 152 Å². The number of rotatable bonds is 3. The second-order valence-electron chi connectivity index (χ2n) is 7.99. The predicted octanol–water partition coefficient (Wildman–Crippen LogP) is 5.26. The van der Waals surface area contributed by atoms with Gasteiger partial charge in [0, 0.05) is 0 Å². The van der Waals surface area contributed by atoms with E-state index in [1.165, 1.54) is 27.5 Å². The third kappa shape index (κ3) is 3.05. The minimum atomic E-state index is -0.314. The van der Waals surface area contributed by atoms with Gasteiger partial charge in [-0.25, -0.2) is 0 Å². The molecular weight excluding hydrogens is 307 g/mol. The average Bonchev–Trinajstić information content (AvgIpc) is 2.78. The molecule has 132 valence electrons. The van der Waals surface area contributed by atoms with Crippen LogP contribution in [0.2, 0.25) is 0 Å². The van der Waals surface area contributed by atoms with Gasteiger partial charge in [-0.3, -0.25) is 0 Å². The maximum atomic E-state index is 6.21. The number of allylic oxidation sites excluding steroid dienone is 2. The summed E-state index contributed by atoms with van der Waals surface area (Å²) in [7, 11) is -0.313. The zero-order valence-corrected chi connectivity index (χ0v) is 16.6. The van der Waals surface area contributed by atoms with Gasteiger partial charge in [-0.15, -0.1) is 0 Å². The largest absolute Gasteiger partial charge is 0.494 e. The van der Waals surface area contributed by atoms with Crippen LogP contribution in [0.5, 0.6) is 0 Å². The molecule has 0 aliphatic carbocycles. The van der Waals surface area contributed by atoms with Crippen molar-refractivity contribution in [2.45, 2.75) is 66.1 Å². The van der Waals surface area contributed by atoms with E-state index in [2.05, 4.69) is 84.9 Å². The number of benzene rings is 2. The maximum Gasteiger partial charge on any atom is 0.494 e. The molecule has 0 bridgehead atoms.